The van der Waals surface area contributed by atoms with Gasteiger partial charge in [-0.1, -0.05) is 36.4 Å². The summed E-state index contributed by atoms with van der Waals surface area (Å²) in [5, 5.41) is 4.01. The van der Waals surface area contributed by atoms with Crippen molar-refractivity contribution in [1.82, 2.24) is 19.9 Å². The summed E-state index contributed by atoms with van der Waals surface area (Å²) in [6, 6.07) is 18.0. The first-order valence-electron chi connectivity index (χ1n) is 11.0. The molecule has 0 radical (unpaired) electrons. The lowest BCUT2D eigenvalue weighted by molar-refractivity contribution is 0.0601. The first-order valence-corrected chi connectivity index (χ1v) is 11.0. The van der Waals surface area contributed by atoms with E-state index in [0.29, 0.717) is 23.4 Å². The number of pyridine rings is 2. The summed E-state index contributed by atoms with van der Waals surface area (Å²) in [6.45, 7) is 0. The van der Waals surface area contributed by atoms with Crippen LogP contribution in [0.5, 0.6) is 5.75 Å². The Bertz CT molecular complexity index is 1700. The lowest BCUT2D eigenvalue weighted by Crippen LogP contribution is -2.27. The minimum Gasteiger partial charge on any atom is -0.494 e. The van der Waals surface area contributed by atoms with E-state index in [1.165, 1.54) is 0 Å². The number of aromatic nitrogens is 4. The van der Waals surface area contributed by atoms with Gasteiger partial charge in [0, 0.05) is 46.9 Å². The number of benzene rings is 2. The van der Waals surface area contributed by atoms with E-state index >= 15 is 0 Å². The number of H-pyrrole nitrogens is 2. The van der Waals surface area contributed by atoms with Gasteiger partial charge < -0.3 is 19.4 Å². The Morgan fingerprint density at radius 3 is 2.35 bits per heavy atom. The number of aromatic amines is 2. The highest BCUT2D eigenvalue weighted by molar-refractivity contribution is 6.17. The van der Waals surface area contributed by atoms with Gasteiger partial charge in [0.15, 0.2) is 0 Å². The number of nitrogens with one attached hydrogen (secondary N) is 2. The number of carbonyl (C=O) groups is 1. The quantitative estimate of drug-likeness (QED) is 0.341. The molecule has 7 nitrogen and oxygen atoms in total. The molecule has 34 heavy (non-hydrogen) atoms. The van der Waals surface area contributed by atoms with Crippen LogP contribution in [-0.4, -0.2) is 46.0 Å². The number of nitrogens with zero attached hydrogens (tertiary/aromatic N) is 2. The molecule has 6 rings (SSSR count). The molecule has 4 aromatic heterocycles. The minimum absolute atomic E-state index is 0.211. The minimum atomic E-state index is -0.750. The summed E-state index contributed by atoms with van der Waals surface area (Å²) in [5.41, 5.74) is 4.60. The maximum Gasteiger partial charge on any atom is 0.212 e. The second kappa shape index (κ2) is 7.97. The molecule has 0 saturated heterocycles. The predicted octanol–water partition coefficient (Wildman–Crippen LogP) is 5.19. The van der Waals surface area contributed by atoms with Crippen LogP contribution in [0.25, 0.3) is 43.6 Å². The normalized spacial score (nSPS) is 12.6. The third-order valence-corrected chi connectivity index (χ3v) is 6.42. The van der Waals surface area contributed by atoms with Gasteiger partial charge in [-0.2, -0.15) is 0 Å². The SMILES string of the molecule is COc1cnc(C(=O)[C@@H](Cc2nccc3c2[nH]c2ccccc23)OC)c2[nH]c3ccccc3c12. The Hall–Kier alpha value is -4.23. The smallest absolute Gasteiger partial charge is 0.212 e. The first-order chi connectivity index (χ1) is 16.7. The standard InChI is InChI=1S/C27H22N4O3/c1-33-21(13-20-24-16(11-12-28-20)15-7-3-5-9-18(15)30-24)27(32)26-25-23(22(34-2)14-29-26)17-8-4-6-10-19(17)31-25/h3-12,14,21,30-31H,13H2,1-2H3/t21-/m1/s1. The zero-order chi connectivity index (χ0) is 23.2. The van der Waals surface area contributed by atoms with Crippen LogP contribution >= 0.6 is 0 Å². The lowest BCUT2D eigenvalue weighted by Gasteiger charge is -2.15. The molecule has 4 heterocycles. The van der Waals surface area contributed by atoms with E-state index in [4.69, 9.17) is 9.47 Å². The van der Waals surface area contributed by atoms with Crippen molar-refractivity contribution >= 4 is 49.4 Å². The monoisotopic (exact) mass is 450 g/mol. The number of para-hydroxylation sites is 2. The predicted molar refractivity (Wildman–Crippen MR) is 133 cm³/mol. The second-order valence-electron chi connectivity index (χ2n) is 8.24. The number of ketones is 1. The molecule has 0 aliphatic heterocycles. The van der Waals surface area contributed by atoms with E-state index in [1.807, 2.05) is 48.5 Å². The fraction of sp³-hybridized carbons (Fsp3) is 0.148. The van der Waals surface area contributed by atoms with E-state index in [-0.39, 0.29) is 5.78 Å². The summed E-state index contributed by atoms with van der Waals surface area (Å²) in [5.74, 6) is 0.402. The molecular weight excluding hydrogens is 428 g/mol. The number of rotatable bonds is 6. The Morgan fingerprint density at radius 1 is 0.882 bits per heavy atom. The van der Waals surface area contributed by atoms with Crippen LogP contribution in [0, 0.1) is 0 Å². The summed E-state index contributed by atoms with van der Waals surface area (Å²) >= 11 is 0. The number of ether oxygens (including phenoxy) is 2. The Morgan fingerprint density at radius 2 is 1.59 bits per heavy atom. The van der Waals surface area contributed by atoms with Crippen molar-refractivity contribution in [2.75, 3.05) is 14.2 Å². The molecule has 6 aromatic rings. The lowest BCUT2D eigenvalue weighted by atomic mass is 10.0. The summed E-state index contributed by atoms with van der Waals surface area (Å²) in [4.78, 5) is 29.5. The van der Waals surface area contributed by atoms with Gasteiger partial charge in [0.05, 0.1) is 35.4 Å². The van der Waals surface area contributed by atoms with Gasteiger partial charge >= 0.3 is 0 Å². The number of methoxy groups -OCH3 is 2. The summed E-state index contributed by atoms with van der Waals surface area (Å²) in [6.07, 6.45) is 2.94. The largest absolute Gasteiger partial charge is 0.494 e. The van der Waals surface area contributed by atoms with E-state index in [0.717, 1.165) is 43.8 Å². The Balaban J connectivity index is 1.44. The van der Waals surface area contributed by atoms with Gasteiger partial charge in [0.2, 0.25) is 5.78 Å². The van der Waals surface area contributed by atoms with Gasteiger partial charge in [0.25, 0.3) is 0 Å². The number of fused-ring (bicyclic) bond motifs is 6. The van der Waals surface area contributed by atoms with Gasteiger partial charge in [0.1, 0.15) is 17.5 Å². The van der Waals surface area contributed by atoms with Crippen molar-refractivity contribution < 1.29 is 14.3 Å². The molecule has 168 valence electrons. The van der Waals surface area contributed by atoms with Gasteiger partial charge in [-0.05, 0) is 18.2 Å². The zero-order valence-electron chi connectivity index (χ0n) is 18.8. The number of hydrogen-bond acceptors (Lipinski definition) is 5. The second-order valence-corrected chi connectivity index (χ2v) is 8.24. The topological polar surface area (TPSA) is 92.9 Å². The third kappa shape index (κ3) is 3.05. The van der Waals surface area contributed by atoms with Crippen LogP contribution < -0.4 is 4.74 Å². The number of hydrogen-bond donors (Lipinski definition) is 2. The van der Waals surface area contributed by atoms with Gasteiger partial charge in [-0.3, -0.25) is 9.78 Å². The van der Waals surface area contributed by atoms with Crippen LogP contribution in [0.4, 0.5) is 0 Å². The van der Waals surface area contributed by atoms with E-state index in [1.54, 1.807) is 26.6 Å². The fourth-order valence-electron chi connectivity index (χ4n) is 4.77. The Labute approximate surface area is 194 Å². The molecule has 2 N–H and O–H groups in total. The van der Waals surface area contributed by atoms with Gasteiger partial charge in [-0.25, -0.2) is 4.98 Å². The molecule has 2 aromatic carbocycles. The van der Waals surface area contributed by atoms with Crippen LogP contribution in [0.2, 0.25) is 0 Å². The van der Waals surface area contributed by atoms with Crippen LogP contribution in [0.15, 0.2) is 67.0 Å². The van der Waals surface area contributed by atoms with Crippen LogP contribution in [-0.2, 0) is 11.2 Å². The molecule has 7 heteroatoms. The zero-order valence-corrected chi connectivity index (χ0v) is 18.8. The van der Waals surface area contributed by atoms with Crippen molar-refractivity contribution in [1.29, 1.82) is 0 Å². The molecule has 0 aliphatic carbocycles. The molecule has 0 amide bonds. The van der Waals surface area contributed by atoms with E-state index in [9.17, 15) is 4.79 Å². The molecule has 0 unspecified atom stereocenters. The summed E-state index contributed by atoms with van der Waals surface area (Å²) < 4.78 is 11.2. The highest BCUT2D eigenvalue weighted by atomic mass is 16.5. The van der Waals surface area contributed by atoms with Crippen molar-refractivity contribution in [3.8, 4) is 5.75 Å². The van der Waals surface area contributed by atoms with Crippen LogP contribution in [0.3, 0.4) is 0 Å². The molecule has 0 spiro atoms. The molecular formula is C27H22N4O3. The highest BCUT2D eigenvalue weighted by Gasteiger charge is 2.27. The van der Waals surface area contributed by atoms with Crippen molar-refractivity contribution in [2.45, 2.75) is 12.5 Å². The maximum absolute atomic E-state index is 13.7. The number of Topliss-reactive ketones (excluding diaryl/α,β-unsaturated/α-hetero) is 1. The van der Waals surface area contributed by atoms with Crippen LogP contribution in [0.1, 0.15) is 16.2 Å². The van der Waals surface area contributed by atoms with Gasteiger partial charge in [-0.15, -0.1) is 0 Å². The van der Waals surface area contributed by atoms with Crippen molar-refractivity contribution in [3.63, 3.8) is 0 Å². The average molecular weight is 450 g/mol. The maximum atomic E-state index is 13.7. The molecule has 0 bridgehead atoms. The molecule has 1 atom stereocenters. The summed E-state index contributed by atoms with van der Waals surface area (Å²) in [7, 11) is 3.14. The third-order valence-electron chi connectivity index (χ3n) is 6.42. The van der Waals surface area contributed by atoms with E-state index < -0.39 is 6.10 Å². The average Bonchev–Trinajstić information content (AvgIpc) is 3.46. The molecule has 0 saturated carbocycles. The fourth-order valence-corrected chi connectivity index (χ4v) is 4.77. The highest BCUT2D eigenvalue weighted by Crippen LogP contribution is 2.35. The number of carbonyl (C=O) groups excluding carboxylic acids is 1. The molecule has 0 aliphatic rings. The van der Waals surface area contributed by atoms with Crippen molar-refractivity contribution in [2.24, 2.45) is 0 Å². The molecule has 0 fully saturated rings. The van der Waals surface area contributed by atoms with Crippen molar-refractivity contribution in [3.05, 3.63) is 78.4 Å². The van der Waals surface area contributed by atoms with E-state index in [2.05, 4.69) is 26.0 Å². The first kappa shape index (κ1) is 20.4. The Kier molecular flexibility index (Phi) is 4.78.